The van der Waals surface area contributed by atoms with E-state index in [1.54, 1.807) is 0 Å². The number of hydrogen-bond acceptors (Lipinski definition) is 2. The van der Waals surface area contributed by atoms with Gasteiger partial charge in [0.2, 0.25) is 10.0 Å². The maximum atomic E-state index is 10.7. The Hall–Kier alpha value is 0.200. The molecular formula is C6H12ClNO2S. The molecule has 0 radical (unpaired) electrons. The van der Waals surface area contributed by atoms with Crippen molar-refractivity contribution in [2.45, 2.75) is 12.8 Å². The van der Waals surface area contributed by atoms with Gasteiger partial charge < -0.3 is 0 Å². The van der Waals surface area contributed by atoms with Crippen LogP contribution in [0.2, 0.25) is 0 Å². The van der Waals surface area contributed by atoms with Gasteiger partial charge in [-0.3, -0.25) is 0 Å². The SMILES string of the molecule is CS(=O)(=O)NCC1(CCl)CC1. The number of hydrogen-bond donors (Lipinski definition) is 1. The molecule has 0 aromatic carbocycles. The summed E-state index contributed by atoms with van der Waals surface area (Å²) >= 11 is 5.65. The van der Waals surface area contributed by atoms with Crippen molar-refractivity contribution >= 4 is 21.6 Å². The molecule has 1 fully saturated rings. The van der Waals surface area contributed by atoms with Gasteiger partial charge in [0.25, 0.3) is 0 Å². The van der Waals surface area contributed by atoms with Crippen LogP contribution in [0.15, 0.2) is 0 Å². The topological polar surface area (TPSA) is 46.2 Å². The molecule has 5 heteroatoms. The summed E-state index contributed by atoms with van der Waals surface area (Å²) < 4.78 is 23.8. The van der Waals surface area contributed by atoms with E-state index in [4.69, 9.17) is 11.6 Å². The molecule has 0 aliphatic heterocycles. The number of sulfonamides is 1. The average molecular weight is 198 g/mol. The Morgan fingerprint density at radius 1 is 1.55 bits per heavy atom. The van der Waals surface area contributed by atoms with Crippen molar-refractivity contribution in [3.63, 3.8) is 0 Å². The molecule has 1 rings (SSSR count). The normalized spacial score (nSPS) is 21.6. The van der Waals surface area contributed by atoms with Gasteiger partial charge in [-0.1, -0.05) is 0 Å². The van der Waals surface area contributed by atoms with Gasteiger partial charge in [-0.15, -0.1) is 11.6 Å². The fraction of sp³-hybridized carbons (Fsp3) is 1.00. The third-order valence-corrected chi connectivity index (χ3v) is 3.19. The first kappa shape index (κ1) is 9.29. The second-order valence-corrected chi connectivity index (χ2v) is 5.33. The predicted octanol–water partition coefficient (Wildman–Crippen LogP) is 0.555. The maximum Gasteiger partial charge on any atom is 0.208 e. The van der Waals surface area contributed by atoms with Gasteiger partial charge >= 0.3 is 0 Å². The second-order valence-electron chi connectivity index (χ2n) is 3.23. The summed E-state index contributed by atoms with van der Waals surface area (Å²) in [6.07, 6.45) is 3.25. The molecule has 0 unspecified atom stereocenters. The zero-order valence-corrected chi connectivity index (χ0v) is 8.00. The van der Waals surface area contributed by atoms with Gasteiger partial charge in [-0.2, -0.15) is 0 Å². The van der Waals surface area contributed by atoms with Crippen molar-refractivity contribution in [3.05, 3.63) is 0 Å². The lowest BCUT2D eigenvalue weighted by Gasteiger charge is -2.10. The van der Waals surface area contributed by atoms with Gasteiger partial charge in [0, 0.05) is 12.4 Å². The summed E-state index contributed by atoms with van der Waals surface area (Å²) in [6, 6.07) is 0. The minimum atomic E-state index is -3.04. The van der Waals surface area contributed by atoms with Crippen LogP contribution in [0.25, 0.3) is 0 Å². The Bertz CT molecular complexity index is 233. The summed E-state index contributed by atoms with van der Waals surface area (Å²) in [5.74, 6) is 0.551. The van der Waals surface area contributed by atoms with E-state index >= 15 is 0 Å². The molecule has 0 bridgehead atoms. The summed E-state index contributed by atoms with van der Waals surface area (Å²) in [5.41, 5.74) is 0.0740. The van der Waals surface area contributed by atoms with Gasteiger partial charge in [0.1, 0.15) is 0 Å². The molecule has 1 aliphatic carbocycles. The van der Waals surface area contributed by atoms with Crippen LogP contribution in [-0.4, -0.2) is 27.1 Å². The number of rotatable bonds is 4. The smallest absolute Gasteiger partial charge is 0.208 e. The van der Waals surface area contributed by atoms with E-state index in [-0.39, 0.29) is 5.41 Å². The molecule has 11 heavy (non-hydrogen) atoms. The Labute approximate surface area is 72.2 Å². The first-order valence-corrected chi connectivity index (χ1v) is 5.91. The predicted molar refractivity (Wildman–Crippen MR) is 45.2 cm³/mol. The van der Waals surface area contributed by atoms with Gasteiger partial charge in [-0.25, -0.2) is 13.1 Å². The van der Waals surface area contributed by atoms with E-state index in [0.29, 0.717) is 12.4 Å². The van der Waals surface area contributed by atoms with E-state index in [2.05, 4.69) is 4.72 Å². The third-order valence-electron chi connectivity index (χ3n) is 1.95. The van der Waals surface area contributed by atoms with Crippen molar-refractivity contribution in [2.75, 3.05) is 18.7 Å². The minimum absolute atomic E-state index is 0.0740. The fourth-order valence-corrected chi connectivity index (χ4v) is 1.75. The molecule has 0 spiro atoms. The average Bonchev–Trinajstić information content (AvgIpc) is 2.63. The number of alkyl halides is 1. The Kier molecular flexibility index (Phi) is 2.46. The van der Waals surface area contributed by atoms with Crippen LogP contribution in [0.5, 0.6) is 0 Å². The minimum Gasteiger partial charge on any atom is -0.215 e. The first-order chi connectivity index (χ1) is 4.97. The Morgan fingerprint density at radius 2 is 2.09 bits per heavy atom. The standard InChI is InChI=1S/C6H12ClNO2S/c1-11(9,10)8-5-6(4-7)2-3-6/h8H,2-5H2,1H3. The van der Waals surface area contributed by atoms with Gasteiger partial charge in [0.05, 0.1) is 6.26 Å². The van der Waals surface area contributed by atoms with E-state index in [0.717, 1.165) is 19.1 Å². The van der Waals surface area contributed by atoms with Crippen LogP contribution < -0.4 is 4.72 Å². The summed E-state index contributed by atoms with van der Waals surface area (Å²) in [7, 11) is -3.04. The Balaban J connectivity index is 2.33. The van der Waals surface area contributed by atoms with Crippen molar-refractivity contribution in [1.29, 1.82) is 0 Å². The molecule has 0 amide bonds. The van der Waals surface area contributed by atoms with Crippen LogP contribution in [0.4, 0.5) is 0 Å². The van der Waals surface area contributed by atoms with Crippen LogP contribution in [0, 0.1) is 5.41 Å². The molecule has 0 atom stereocenters. The maximum absolute atomic E-state index is 10.7. The highest BCUT2D eigenvalue weighted by molar-refractivity contribution is 7.88. The van der Waals surface area contributed by atoms with Crippen molar-refractivity contribution in [3.8, 4) is 0 Å². The van der Waals surface area contributed by atoms with Gasteiger partial charge in [0.15, 0.2) is 0 Å². The third kappa shape index (κ3) is 2.97. The molecular weight excluding hydrogens is 186 g/mol. The molecule has 1 N–H and O–H groups in total. The monoisotopic (exact) mass is 197 g/mol. The number of nitrogens with one attached hydrogen (secondary N) is 1. The zero-order chi connectivity index (χ0) is 8.54. The lowest BCUT2D eigenvalue weighted by molar-refractivity contribution is 0.538. The highest BCUT2D eigenvalue weighted by Crippen LogP contribution is 2.45. The number of halogens is 1. The molecule has 3 nitrogen and oxygen atoms in total. The summed E-state index contributed by atoms with van der Waals surface area (Å²) in [5, 5.41) is 0. The highest BCUT2D eigenvalue weighted by Gasteiger charge is 2.41. The van der Waals surface area contributed by atoms with Crippen LogP contribution in [0.3, 0.4) is 0 Å². The van der Waals surface area contributed by atoms with E-state index < -0.39 is 10.0 Å². The van der Waals surface area contributed by atoms with E-state index in [1.165, 1.54) is 0 Å². The lowest BCUT2D eigenvalue weighted by atomic mass is 10.1. The van der Waals surface area contributed by atoms with Crippen LogP contribution in [-0.2, 0) is 10.0 Å². The van der Waals surface area contributed by atoms with Crippen LogP contribution >= 0.6 is 11.6 Å². The molecule has 0 aromatic heterocycles. The fourth-order valence-electron chi connectivity index (χ4n) is 0.819. The van der Waals surface area contributed by atoms with Gasteiger partial charge in [-0.05, 0) is 18.3 Å². The highest BCUT2D eigenvalue weighted by atomic mass is 35.5. The van der Waals surface area contributed by atoms with Crippen molar-refractivity contribution in [2.24, 2.45) is 5.41 Å². The lowest BCUT2D eigenvalue weighted by Crippen LogP contribution is -2.29. The van der Waals surface area contributed by atoms with E-state index in [9.17, 15) is 8.42 Å². The van der Waals surface area contributed by atoms with Crippen LogP contribution in [0.1, 0.15) is 12.8 Å². The Morgan fingerprint density at radius 3 is 2.36 bits per heavy atom. The second kappa shape index (κ2) is 2.92. The molecule has 66 valence electrons. The molecule has 1 aliphatic rings. The zero-order valence-electron chi connectivity index (χ0n) is 6.43. The van der Waals surface area contributed by atoms with Crippen molar-refractivity contribution in [1.82, 2.24) is 4.72 Å². The molecule has 0 aromatic rings. The molecule has 0 heterocycles. The van der Waals surface area contributed by atoms with E-state index in [1.807, 2.05) is 0 Å². The summed E-state index contributed by atoms with van der Waals surface area (Å²) in [4.78, 5) is 0. The molecule has 0 saturated heterocycles. The summed E-state index contributed by atoms with van der Waals surface area (Å²) in [6.45, 7) is 0.495. The molecule has 1 saturated carbocycles. The first-order valence-electron chi connectivity index (χ1n) is 3.48. The largest absolute Gasteiger partial charge is 0.215 e. The van der Waals surface area contributed by atoms with Crippen molar-refractivity contribution < 1.29 is 8.42 Å². The quantitative estimate of drug-likeness (QED) is 0.670.